The predicted molar refractivity (Wildman–Crippen MR) is 148 cm³/mol. The van der Waals surface area contributed by atoms with Crippen LogP contribution in [0.2, 0.25) is 0 Å². The molecular formula is C27H40F4N4O5S. The summed E-state index contributed by atoms with van der Waals surface area (Å²) in [5.41, 5.74) is 5.89. The molecule has 2 heterocycles. The maximum absolute atomic E-state index is 14.7. The average Bonchev–Trinajstić information content (AvgIpc) is 2.87. The summed E-state index contributed by atoms with van der Waals surface area (Å²) in [6, 6.07) is 0.510. The van der Waals surface area contributed by atoms with Crippen molar-refractivity contribution in [2.45, 2.75) is 83.2 Å². The minimum absolute atomic E-state index is 0.0182. The highest BCUT2D eigenvalue weighted by atomic mass is 32.2. The molecule has 0 spiro atoms. The third kappa shape index (κ3) is 9.90. The van der Waals surface area contributed by atoms with Crippen LogP contribution in [0.1, 0.15) is 65.4 Å². The molecule has 3 rings (SSSR count). The van der Waals surface area contributed by atoms with Crippen LogP contribution in [0.15, 0.2) is 22.8 Å². The highest BCUT2D eigenvalue weighted by Crippen LogP contribution is 2.33. The monoisotopic (exact) mass is 608 g/mol. The van der Waals surface area contributed by atoms with Gasteiger partial charge < -0.3 is 20.3 Å². The lowest BCUT2D eigenvalue weighted by molar-refractivity contribution is -0.154. The maximum Gasteiger partial charge on any atom is 0.422 e. The summed E-state index contributed by atoms with van der Waals surface area (Å²) >= 11 is 0. The van der Waals surface area contributed by atoms with E-state index >= 15 is 0 Å². The number of rotatable bonds is 10. The molecule has 1 saturated carbocycles. The summed E-state index contributed by atoms with van der Waals surface area (Å²) in [6.45, 7) is 6.00. The lowest BCUT2D eigenvalue weighted by Crippen LogP contribution is -2.49. The standard InChI is InChI=1S/C27H40F4N4O5S/c1-17(25(2,3)36)35-22-11-18(14-39-16-34-26(4)7-9-41(37,38)10-8-26)5-6-19(22)24(32)20-12-23(33-13-21(20)28)40-15-27(29,30)31/h12-13,17-18,34,36H,5-11,14-16,32H2,1-4H3/t17-,18-/m1/s1. The molecule has 1 aliphatic carbocycles. The third-order valence-corrected chi connectivity index (χ3v) is 9.37. The Bertz CT molecular complexity index is 1230. The molecule has 0 aromatic carbocycles. The molecule has 0 unspecified atom stereocenters. The van der Waals surface area contributed by atoms with Crippen molar-refractivity contribution in [1.29, 1.82) is 0 Å². The van der Waals surface area contributed by atoms with Crippen LogP contribution in [0.4, 0.5) is 17.6 Å². The van der Waals surface area contributed by atoms with E-state index in [1.54, 1.807) is 20.8 Å². The molecule has 0 amide bonds. The number of aliphatic imine (C=N–C) groups is 1. The molecule has 1 aromatic heterocycles. The van der Waals surface area contributed by atoms with E-state index in [2.05, 4.69) is 15.0 Å². The van der Waals surface area contributed by atoms with Crippen molar-refractivity contribution >= 4 is 21.2 Å². The summed E-state index contributed by atoms with van der Waals surface area (Å²) in [4.78, 5) is 8.29. The number of allylic oxidation sites excluding steroid dienone is 1. The van der Waals surface area contributed by atoms with Crippen molar-refractivity contribution in [1.82, 2.24) is 10.3 Å². The first-order chi connectivity index (χ1) is 18.9. The Morgan fingerprint density at radius 3 is 2.59 bits per heavy atom. The SMILES string of the molecule is C[C@@H](N=C1C[C@H](COCNC2(C)CCS(=O)(=O)CC2)CCC1=C(N)c1cc(OCC(F)(F)F)ncc1F)C(C)(C)O. The summed E-state index contributed by atoms with van der Waals surface area (Å²) < 4.78 is 86.6. The van der Waals surface area contributed by atoms with Crippen LogP contribution in [-0.4, -0.2) is 79.0 Å². The molecule has 41 heavy (non-hydrogen) atoms. The maximum atomic E-state index is 14.7. The number of nitrogens with two attached hydrogens (primary N) is 1. The number of nitrogens with zero attached hydrogens (tertiary/aromatic N) is 2. The van der Waals surface area contributed by atoms with E-state index in [4.69, 9.17) is 15.5 Å². The first kappa shape index (κ1) is 33.2. The highest BCUT2D eigenvalue weighted by molar-refractivity contribution is 7.91. The van der Waals surface area contributed by atoms with Crippen LogP contribution in [0, 0.1) is 11.7 Å². The lowest BCUT2D eigenvalue weighted by Gasteiger charge is -2.35. The molecular weight excluding hydrogens is 568 g/mol. The van der Waals surface area contributed by atoms with E-state index in [0.29, 0.717) is 50.0 Å². The molecule has 232 valence electrons. The number of aliphatic hydroxyl groups is 1. The zero-order valence-electron chi connectivity index (χ0n) is 23.9. The number of pyridine rings is 1. The minimum Gasteiger partial charge on any atom is -0.468 e. The van der Waals surface area contributed by atoms with Crippen molar-refractivity contribution in [2.24, 2.45) is 16.6 Å². The summed E-state index contributed by atoms with van der Waals surface area (Å²) in [6.07, 6.45) is -1.34. The van der Waals surface area contributed by atoms with Gasteiger partial charge in [-0.1, -0.05) is 0 Å². The van der Waals surface area contributed by atoms with Crippen LogP contribution < -0.4 is 15.8 Å². The van der Waals surface area contributed by atoms with Crippen molar-refractivity contribution in [3.05, 3.63) is 29.2 Å². The van der Waals surface area contributed by atoms with Crippen molar-refractivity contribution in [3.63, 3.8) is 0 Å². The highest BCUT2D eigenvalue weighted by Gasteiger charge is 2.34. The molecule has 2 fully saturated rings. The first-order valence-corrected chi connectivity index (χ1v) is 15.4. The summed E-state index contributed by atoms with van der Waals surface area (Å²) in [5.74, 6) is -0.908. The van der Waals surface area contributed by atoms with E-state index in [-0.39, 0.29) is 41.0 Å². The second kappa shape index (κ2) is 12.9. The summed E-state index contributed by atoms with van der Waals surface area (Å²) in [5, 5.41) is 13.8. The molecule has 4 N–H and O–H groups in total. The van der Waals surface area contributed by atoms with Gasteiger partial charge in [0, 0.05) is 28.6 Å². The first-order valence-electron chi connectivity index (χ1n) is 13.5. The van der Waals surface area contributed by atoms with Crippen LogP contribution in [0.25, 0.3) is 5.70 Å². The Labute approximate surface area is 238 Å². The Kier molecular flexibility index (Phi) is 10.5. The van der Waals surface area contributed by atoms with Gasteiger partial charge in [-0.05, 0) is 71.3 Å². The molecule has 0 radical (unpaired) electrons. The van der Waals surface area contributed by atoms with Crippen LogP contribution in [0.3, 0.4) is 0 Å². The molecule has 0 bridgehead atoms. The van der Waals surface area contributed by atoms with E-state index in [0.717, 1.165) is 12.3 Å². The number of sulfone groups is 1. The third-order valence-electron chi connectivity index (χ3n) is 7.72. The van der Waals surface area contributed by atoms with Crippen molar-refractivity contribution < 1.29 is 40.6 Å². The number of ether oxygens (including phenoxy) is 2. The largest absolute Gasteiger partial charge is 0.468 e. The van der Waals surface area contributed by atoms with Crippen LogP contribution >= 0.6 is 0 Å². The van der Waals surface area contributed by atoms with Gasteiger partial charge >= 0.3 is 6.18 Å². The zero-order chi connectivity index (χ0) is 30.6. The second-order valence-corrected chi connectivity index (χ2v) is 14.0. The smallest absolute Gasteiger partial charge is 0.422 e. The van der Waals surface area contributed by atoms with Crippen LogP contribution in [0.5, 0.6) is 5.88 Å². The van der Waals surface area contributed by atoms with Gasteiger partial charge in [0.25, 0.3) is 0 Å². The zero-order valence-corrected chi connectivity index (χ0v) is 24.7. The Balaban J connectivity index is 1.75. The Hall–Kier alpha value is -2.29. The van der Waals surface area contributed by atoms with Gasteiger partial charge in [0.15, 0.2) is 12.4 Å². The number of hydrogen-bond acceptors (Lipinski definition) is 9. The van der Waals surface area contributed by atoms with Gasteiger partial charge in [0.05, 0.1) is 42.7 Å². The van der Waals surface area contributed by atoms with Gasteiger partial charge in [-0.25, -0.2) is 17.8 Å². The average molecular weight is 609 g/mol. The van der Waals surface area contributed by atoms with E-state index < -0.39 is 46.0 Å². The fourth-order valence-corrected chi connectivity index (χ4v) is 6.31. The molecule has 1 saturated heterocycles. The molecule has 14 heteroatoms. The van der Waals surface area contributed by atoms with Crippen LogP contribution in [-0.2, 0) is 14.6 Å². The number of halogens is 4. The van der Waals surface area contributed by atoms with Gasteiger partial charge in [0.1, 0.15) is 9.84 Å². The Morgan fingerprint density at radius 2 is 1.98 bits per heavy atom. The minimum atomic E-state index is -4.59. The Morgan fingerprint density at radius 1 is 1.32 bits per heavy atom. The molecule has 1 aromatic rings. The molecule has 2 atom stereocenters. The molecule has 9 nitrogen and oxygen atoms in total. The number of hydrogen-bond donors (Lipinski definition) is 3. The second-order valence-electron chi connectivity index (χ2n) is 11.7. The number of aromatic nitrogens is 1. The lowest BCUT2D eigenvalue weighted by atomic mass is 9.82. The van der Waals surface area contributed by atoms with Crippen molar-refractivity contribution in [2.75, 3.05) is 31.5 Å². The molecule has 1 aliphatic heterocycles. The van der Waals surface area contributed by atoms with Gasteiger partial charge in [-0.2, -0.15) is 13.2 Å². The van der Waals surface area contributed by atoms with Gasteiger partial charge in [-0.3, -0.25) is 10.3 Å². The van der Waals surface area contributed by atoms with E-state index in [1.165, 1.54) is 0 Å². The van der Waals surface area contributed by atoms with E-state index in [1.807, 2.05) is 6.92 Å². The van der Waals surface area contributed by atoms with Gasteiger partial charge in [0.2, 0.25) is 5.88 Å². The summed E-state index contributed by atoms with van der Waals surface area (Å²) in [7, 11) is -2.98. The quantitative estimate of drug-likeness (QED) is 0.208. The van der Waals surface area contributed by atoms with Gasteiger partial charge in [-0.15, -0.1) is 0 Å². The fraction of sp³-hybridized carbons (Fsp3) is 0.704. The number of alkyl halides is 3. The predicted octanol–water partition coefficient (Wildman–Crippen LogP) is 3.76. The molecule has 2 aliphatic rings. The number of nitrogens with one attached hydrogen (secondary N) is 1. The van der Waals surface area contributed by atoms with E-state index in [9.17, 15) is 31.1 Å². The fourth-order valence-electron chi connectivity index (χ4n) is 4.59. The van der Waals surface area contributed by atoms with Crippen molar-refractivity contribution in [3.8, 4) is 5.88 Å². The topological polar surface area (TPSA) is 136 Å². The normalized spacial score (nSPS) is 24.2.